The van der Waals surface area contributed by atoms with E-state index >= 15 is 0 Å². The van der Waals surface area contributed by atoms with Crippen molar-refractivity contribution in [3.63, 3.8) is 0 Å². The van der Waals surface area contributed by atoms with Gasteiger partial charge in [0.05, 0.1) is 19.6 Å². The van der Waals surface area contributed by atoms with Crippen molar-refractivity contribution < 1.29 is 24.2 Å². The van der Waals surface area contributed by atoms with Crippen LogP contribution in [0.4, 0.5) is 0 Å². The second kappa shape index (κ2) is 6.69. The molecule has 2 aliphatic heterocycles. The molecule has 2 heterocycles. The second-order valence-corrected chi connectivity index (χ2v) is 5.08. The molecule has 2 fully saturated rings. The number of amides is 2. The Morgan fingerprint density at radius 1 is 1.10 bits per heavy atom. The van der Waals surface area contributed by atoms with Crippen molar-refractivity contribution in [3.8, 4) is 0 Å². The number of aliphatic carboxylic acids is 1. The standard InChI is InChI=1S/C13H20N2O5/c16-11(3-4-12(17)18)15-5-1-2-10(15)13(19)14-6-8-20-9-7-14/h10H,1-9H2,(H,17,18). The van der Waals surface area contributed by atoms with Crippen LogP contribution in [0.2, 0.25) is 0 Å². The predicted molar refractivity (Wildman–Crippen MR) is 69.0 cm³/mol. The van der Waals surface area contributed by atoms with E-state index in [0.29, 0.717) is 39.3 Å². The summed E-state index contributed by atoms with van der Waals surface area (Å²) in [5, 5.41) is 8.62. The molecule has 0 saturated carbocycles. The Morgan fingerprint density at radius 2 is 1.80 bits per heavy atom. The quantitative estimate of drug-likeness (QED) is 0.766. The first-order valence-corrected chi connectivity index (χ1v) is 6.97. The zero-order chi connectivity index (χ0) is 14.5. The average molecular weight is 284 g/mol. The summed E-state index contributed by atoms with van der Waals surface area (Å²) in [4.78, 5) is 38.2. The number of carbonyl (C=O) groups excluding carboxylic acids is 2. The minimum atomic E-state index is -0.992. The molecule has 2 amide bonds. The van der Waals surface area contributed by atoms with Gasteiger partial charge >= 0.3 is 5.97 Å². The van der Waals surface area contributed by atoms with Crippen LogP contribution in [0.15, 0.2) is 0 Å². The van der Waals surface area contributed by atoms with Gasteiger partial charge in [0.15, 0.2) is 0 Å². The minimum absolute atomic E-state index is 0.0329. The molecule has 0 aromatic carbocycles. The van der Waals surface area contributed by atoms with Crippen LogP contribution in [-0.4, -0.2) is 71.6 Å². The first-order chi connectivity index (χ1) is 9.59. The monoisotopic (exact) mass is 284 g/mol. The highest BCUT2D eigenvalue weighted by molar-refractivity contribution is 5.89. The Morgan fingerprint density at radius 3 is 2.45 bits per heavy atom. The summed E-state index contributed by atoms with van der Waals surface area (Å²) in [5.74, 6) is -1.26. The number of likely N-dealkylation sites (tertiary alicyclic amines) is 1. The van der Waals surface area contributed by atoms with Crippen molar-refractivity contribution in [3.05, 3.63) is 0 Å². The SMILES string of the molecule is O=C(O)CCC(=O)N1CCCC1C(=O)N1CCOCC1. The van der Waals surface area contributed by atoms with Gasteiger partial charge < -0.3 is 19.6 Å². The number of carboxylic acids is 1. The first kappa shape index (κ1) is 14.8. The molecular weight excluding hydrogens is 264 g/mol. The fourth-order valence-corrected chi connectivity index (χ4v) is 2.67. The summed E-state index contributed by atoms with van der Waals surface area (Å²) < 4.78 is 5.21. The van der Waals surface area contributed by atoms with Crippen molar-refractivity contribution >= 4 is 17.8 Å². The van der Waals surface area contributed by atoms with Crippen LogP contribution in [0.1, 0.15) is 25.7 Å². The molecule has 2 saturated heterocycles. The van der Waals surface area contributed by atoms with Crippen LogP contribution in [0.25, 0.3) is 0 Å². The first-order valence-electron chi connectivity index (χ1n) is 6.97. The summed E-state index contributed by atoms with van der Waals surface area (Å²) in [6.07, 6.45) is 1.23. The second-order valence-electron chi connectivity index (χ2n) is 5.08. The topological polar surface area (TPSA) is 87.2 Å². The van der Waals surface area contributed by atoms with Crippen LogP contribution >= 0.6 is 0 Å². The van der Waals surface area contributed by atoms with Crippen LogP contribution in [-0.2, 0) is 19.1 Å². The maximum atomic E-state index is 12.4. The summed E-state index contributed by atoms with van der Waals surface area (Å²) in [6.45, 7) is 2.73. The maximum Gasteiger partial charge on any atom is 0.303 e. The molecule has 2 rings (SSSR count). The summed E-state index contributed by atoms with van der Waals surface area (Å²) in [5.41, 5.74) is 0. The number of hydrogen-bond donors (Lipinski definition) is 1. The number of hydrogen-bond acceptors (Lipinski definition) is 4. The Bertz CT molecular complexity index is 392. The molecule has 0 aromatic rings. The number of carboxylic acid groups (broad SMARTS) is 1. The van der Waals surface area contributed by atoms with Gasteiger partial charge in [0.25, 0.3) is 0 Å². The van der Waals surface area contributed by atoms with Gasteiger partial charge in [0.2, 0.25) is 11.8 Å². The normalized spacial score (nSPS) is 22.9. The zero-order valence-electron chi connectivity index (χ0n) is 11.4. The van der Waals surface area contributed by atoms with Crippen molar-refractivity contribution in [2.75, 3.05) is 32.8 Å². The van der Waals surface area contributed by atoms with Crippen LogP contribution in [0.5, 0.6) is 0 Å². The molecule has 0 radical (unpaired) electrons. The summed E-state index contributed by atoms with van der Waals surface area (Å²) >= 11 is 0. The van der Waals surface area contributed by atoms with E-state index < -0.39 is 12.0 Å². The van der Waals surface area contributed by atoms with Crippen molar-refractivity contribution in [1.29, 1.82) is 0 Å². The highest BCUT2D eigenvalue weighted by Gasteiger charge is 2.36. The Labute approximate surface area is 117 Å². The van der Waals surface area contributed by atoms with Gasteiger partial charge in [-0.05, 0) is 12.8 Å². The van der Waals surface area contributed by atoms with Gasteiger partial charge in [0.1, 0.15) is 6.04 Å². The molecule has 0 spiro atoms. The number of morpholine rings is 1. The van der Waals surface area contributed by atoms with Crippen molar-refractivity contribution in [2.24, 2.45) is 0 Å². The lowest BCUT2D eigenvalue weighted by Gasteiger charge is -2.32. The molecule has 0 aromatic heterocycles. The predicted octanol–water partition coefficient (Wildman–Crippen LogP) is -0.299. The van der Waals surface area contributed by atoms with Gasteiger partial charge in [-0.3, -0.25) is 14.4 Å². The minimum Gasteiger partial charge on any atom is -0.481 e. The summed E-state index contributed by atoms with van der Waals surface area (Å²) in [6, 6.07) is -0.422. The van der Waals surface area contributed by atoms with E-state index in [9.17, 15) is 14.4 Å². The lowest BCUT2D eigenvalue weighted by atomic mass is 10.1. The third-order valence-corrected chi connectivity index (χ3v) is 3.73. The Balaban J connectivity index is 1.93. The lowest BCUT2D eigenvalue weighted by Crippen LogP contribution is -2.51. The molecule has 1 unspecified atom stereocenters. The number of nitrogens with zero attached hydrogens (tertiary/aromatic N) is 2. The van der Waals surface area contributed by atoms with E-state index in [1.54, 1.807) is 9.80 Å². The maximum absolute atomic E-state index is 12.4. The van der Waals surface area contributed by atoms with E-state index in [4.69, 9.17) is 9.84 Å². The van der Waals surface area contributed by atoms with Gasteiger partial charge in [-0.25, -0.2) is 0 Å². The fourth-order valence-electron chi connectivity index (χ4n) is 2.67. The molecule has 2 aliphatic rings. The van der Waals surface area contributed by atoms with Gasteiger partial charge in [-0.2, -0.15) is 0 Å². The molecular formula is C13H20N2O5. The molecule has 112 valence electrons. The molecule has 0 aliphatic carbocycles. The Hall–Kier alpha value is -1.63. The largest absolute Gasteiger partial charge is 0.481 e. The van der Waals surface area contributed by atoms with Crippen LogP contribution in [0.3, 0.4) is 0 Å². The highest BCUT2D eigenvalue weighted by atomic mass is 16.5. The van der Waals surface area contributed by atoms with Gasteiger partial charge in [0, 0.05) is 26.1 Å². The highest BCUT2D eigenvalue weighted by Crippen LogP contribution is 2.21. The number of carbonyl (C=O) groups is 3. The van der Waals surface area contributed by atoms with Gasteiger partial charge in [-0.1, -0.05) is 0 Å². The van der Waals surface area contributed by atoms with E-state index in [2.05, 4.69) is 0 Å². The summed E-state index contributed by atoms with van der Waals surface area (Å²) in [7, 11) is 0. The van der Waals surface area contributed by atoms with E-state index in [-0.39, 0.29) is 24.7 Å². The average Bonchev–Trinajstić information content (AvgIpc) is 2.94. The van der Waals surface area contributed by atoms with E-state index in [1.807, 2.05) is 0 Å². The fraction of sp³-hybridized carbons (Fsp3) is 0.769. The molecule has 0 bridgehead atoms. The van der Waals surface area contributed by atoms with E-state index in [0.717, 1.165) is 6.42 Å². The third-order valence-electron chi connectivity index (χ3n) is 3.73. The van der Waals surface area contributed by atoms with Gasteiger partial charge in [-0.15, -0.1) is 0 Å². The molecule has 7 heteroatoms. The third kappa shape index (κ3) is 3.47. The lowest BCUT2D eigenvalue weighted by molar-refractivity contribution is -0.147. The molecule has 1 atom stereocenters. The Kier molecular flexibility index (Phi) is 4.94. The van der Waals surface area contributed by atoms with Crippen molar-refractivity contribution in [2.45, 2.75) is 31.7 Å². The van der Waals surface area contributed by atoms with Crippen molar-refractivity contribution in [1.82, 2.24) is 9.80 Å². The van der Waals surface area contributed by atoms with Crippen LogP contribution in [0, 0.1) is 0 Å². The molecule has 20 heavy (non-hydrogen) atoms. The smallest absolute Gasteiger partial charge is 0.303 e. The number of ether oxygens (including phenoxy) is 1. The molecule has 7 nitrogen and oxygen atoms in total. The molecule has 1 N–H and O–H groups in total. The number of rotatable bonds is 4. The van der Waals surface area contributed by atoms with E-state index in [1.165, 1.54) is 0 Å². The zero-order valence-corrected chi connectivity index (χ0v) is 11.4. The van der Waals surface area contributed by atoms with Crippen LogP contribution < -0.4 is 0 Å².